The summed E-state index contributed by atoms with van der Waals surface area (Å²) in [5.41, 5.74) is 2.23. The lowest BCUT2D eigenvalue weighted by atomic mass is 10.1. The van der Waals surface area contributed by atoms with E-state index in [1.54, 1.807) is 18.2 Å². The van der Waals surface area contributed by atoms with Crippen LogP contribution in [-0.2, 0) is 10.5 Å². The number of methoxy groups -OCH3 is 1. The molecule has 0 atom stereocenters. The lowest BCUT2D eigenvalue weighted by Crippen LogP contribution is -2.36. The van der Waals surface area contributed by atoms with Gasteiger partial charge in [0.1, 0.15) is 0 Å². The third-order valence-corrected chi connectivity index (χ3v) is 4.10. The molecule has 0 unspecified atom stereocenters. The summed E-state index contributed by atoms with van der Waals surface area (Å²) >= 11 is 1.38. The van der Waals surface area contributed by atoms with Crippen LogP contribution < -0.4 is 16.7 Å². The minimum atomic E-state index is -0.366. The van der Waals surface area contributed by atoms with Crippen LogP contribution in [0.4, 0.5) is 5.69 Å². The third-order valence-electron chi connectivity index (χ3n) is 3.07. The van der Waals surface area contributed by atoms with E-state index in [1.165, 1.54) is 23.9 Å². The molecule has 0 aliphatic heterocycles. The first-order valence-corrected chi connectivity index (χ1v) is 7.82. The van der Waals surface area contributed by atoms with Gasteiger partial charge in [-0.15, -0.1) is 0 Å². The molecule has 0 aliphatic rings. The number of nitrogens with two attached hydrogens (primary N) is 2. The van der Waals surface area contributed by atoms with Gasteiger partial charge >= 0.3 is 5.97 Å². The molecule has 2 aromatic carbocycles. The summed E-state index contributed by atoms with van der Waals surface area (Å²) in [7, 11) is 1.36. The number of anilines is 1. The topological polar surface area (TPSA) is 93.9 Å². The Hall–Kier alpha value is -2.51. The smallest absolute Gasteiger partial charge is 0.337 e. The number of amidine groups is 1. The Balaban J connectivity index is 2.05. The van der Waals surface area contributed by atoms with Crippen molar-refractivity contribution in [3.8, 4) is 0 Å². The Morgan fingerprint density at radius 3 is 2.61 bits per heavy atom. The van der Waals surface area contributed by atoms with Crippen molar-refractivity contribution in [1.82, 2.24) is 0 Å². The van der Waals surface area contributed by atoms with Gasteiger partial charge in [-0.05, 0) is 29.8 Å². The van der Waals surface area contributed by atoms with Crippen LogP contribution in [0, 0.1) is 0 Å². The minimum absolute atomic E-state index is 0.366. The minimum Gasteiger partial charge on any atom is -0.465 e. The molecule has 0 radical (unpaired) electrons. The molecular weight excluding hydrogens is 312 g/mol. The molecule has 120 valence electrons. The number of esters is 1. The van der Waals surface area contributed by atoms with E-state index in [-0.39, 0.29) is 5.97 Å². The summed E-state index contributed by atoms with van der Waals surface area (Å²) in [5.74, 6) is 11.7. The molecule has 7 heteroatoms. The van der Waals surface area contributed by atoms with Crippen LogP contribution in [0.5, 0.6) is 0 Å². The molecule has 6 nitrogen and oxygen atoms in total. The number of carbonyl (C=O) groups is 1. The first kappa shape index (κ1) is 16.9. The summed E-state index contributed by atoms with van der Waals surface area (Å²) in [5, 5.41) is 5.64. The van der Waals surface area contributed by atoms with Gasteiger partial charge in [-0.1, -0.05) is 42.1 Å². The number of hydrogen-bond acceptors (Lipinski definition) is 6. The van der Waals surface area contributed by atoms with E-state index in [2.05, 4.69) is 5.10 Å². The van der Waals surface area contributed by atoms with Gasteiger partial charge in [0.15, 0.2) is 0 Å². The zero-order valence-corrected chi connectivity index (χ0v) is 13.5. The van der Waals surface area contributed by atoms with Crippen molar-refractivity contribution >= 4 is 28.6 Å². The van der Waals surface area contributed by atoms with Crippen molar-refractivity contribution < 1.29 is 9.53 Å². The lowest BCUT2D eigenvalue weighted by molar-refractivity contribution is 0.0600. The van der Waals surface area contributed by atoms with E-state index < -0.39 is 0 Å². The van der Waals surface area contributed by atoms with E-state index in [9.17, 15) is 4.79 Å². The maximum atomic E-state index is 11.6. The zero-order chi connectivity index (χ0) is 16.7. The molecule has 4 N–H and O–H groups in total. The van der Waals surface area contributed by atoms with Gasteiger partial charge in [0, 0.05) is 5.75 Å². The number of carbonyl (C=O) groups excluding carboxylic acids is 1. The van der Waals surface area contributed by atoms with Crippen LogP contribution in [0.25, 0.3) is 0 Å². The van der Waals surface area contributed by atoms with Gasteiger partial charge < -0.3 is 10.6 Å². The normalized spacial score (nSPS) is 11.1. The monoisotopic (exact) mass is 330 g/mol. The number of benzene rings is 2. The van der Waals surface area contributed by atoms with E-state index in [1.807, 2.05) is 36.4 Å². The fourth-order valence-corrected chi connectivity index (χ4v) is 2.72. The molecule has 0 heterocycles. The molecule has 0 saturated carbocycles. The second-order valence-corrected chi connectivity index (χ2v) is 5.54. The fourth-order valence-electron chi connectivity index (χ4n) is 1.92. The molecule has 0 amide bonds. The van der Waals surface area contributed by atoms with Crippen LogP contribution in [0.3, 0.4) is 0 Å². The largest absolute Gasteiger partial charge is 0.465 e. The molecule has 23 heavy (non-hydrogen) atoms. The average molecular weight is 330 g/mol. The average Bonchev–Trinajstić information content (AvgIpc) is 2.62. The molecule has 0 fully saturated rings. The molecule has 0 bridgehead atoms. The van der Waals surface area contributed by atoms with Gasteiger partial charge in [-0.3, -0.25) is 5.01 Å². The second-order valence-electron chi connectivity index (χ2n) is 4.60. The van der Waals surface area contributed by atoms with E-state index in [0.717, 1.165) is 11.3 Å². The first-order chi connectivity index (χ1) is 11.2. The van der Waals surface area contributed by atoms with Crippen molar-refractivity contribution in [2.75, 3.05) is 12.1 Å². The van der Waals surface area contributed by atoms with Gasteiger partial charge in [0.2, 0.25) is 5.17 Å². The number of thioether (sulfide) groups is 1. The number of ether oxygens (including phenoxy) is 1. The maximum Gasteiger partial charge on any atom is 0.337 e. The highest BCUT2D eigenvalue weighted by atomic mass is 32.2. The summed E-state index contributed by atoms with van der Waals surface area (Å²) in [6, 6.07) is 16.6. The standard InChI is InChI=1S/C16H18N4O2S/c1-22-15(21)13-7-5-6-12(10-13)11-23-16(19-17)20(18)14-8-3-2-4-9-14/h2-10H,11,17-18H2,1H3/b19-16+. The first-order valence-electron chi connectivity index (χ1n) is 6.83. The van der Waals surface area contributed by atoms with Crippen molar-refractivity contribution in [1.29, 1.82) is 0 Å². The molecular formula is C16H18N4O2S. The molecule has 0 saturated heterocycles. The van der Waals surface area contributed by atoms with Gasteiger partial charge in [-0.2, -0.15) is 5.10 Å². The van der Waals surface area contributed by atoms with Gasteiger partial charge in [0.05, 0.1) is 18.4 Å². The number of hydrogen-bond donors (Lipinski definition) is 2. The van der Waals surface area contributed by atoms with E-state index in [0.29, 0.717) is 16.5 Å². The van der Waals surface area contributed by atoms with E-state index >= 15 is 0 Å². The van der Waals surface area contributed by atoms with Crippen LogP contribution in [-0.4, -0.2) is 18.2 Å². The number of rotatable bonds is 4. The second kappa shape index (κ2) is 8.21. The predicted octanol–water partition coefficient (Wildman–Crippen LogP) is 2.32. The SMILES string of the molecule is COC(=O)c1cccc(CS/C(=N/N)N(N)c2ccccc2)c1. The van der Waals surface area contributed by atoms with Crippen LogP contribution in [0.2, 0.25) is 0 Å². The van der Waals surface area contributed by atoms with Crippen LogP contribution in [0.15, 0.2) is 59.7 Å². The molecule has 0 aliphatic carbocycles. The highest BCUT2D eigenvalue weighted by Crippen LogP contribution is 2.20. The van der Waals surface area contributed by atoms with Crippen LogP contribution >= 0.6 is 11.8 Å². The van der Waals surface area contributed by atoms with Crippen molar-refractivity contribution in [2.24, 2.45) is 16.8 Å². The lowest BCUT2D eigenvalue weighted by Gasteiger charge is -2.19. The van der Waals surface area contributed by atoms with E-state index in [4.69, 9.17) is 16.4 Å². The van der Waals surface area contributed by atoms with Crippen molar-refractivity contribution in [3.63, 3.8) is 0 Å². The summed E-state index contributed by atoms with van der Waals surface area (Å²) in [4.78, 5) is 11.6. The molecule has 0 spiro atoms. The van der Waals surface area contributed by atoms with Gasteiger partial charge in [0.25, 0.3) is 0 Å². The Morgan fingerprint density at radius 2 is 1.96 bits per heavy atom. The summed E-state index contributed by atoms with van der Waals surface area (Å²) in [6.45, 7) is 0. The molecule has 2 rings (SSSR count). The summed E-state index contributed by atoms with van der Waals surface area (Å²) < 4.78 is 4.72. The highest BCUT2D eigenvalue weighted by molar-refractivity contribution is 8.13. The number of hydrazine groups is 1. The number of hydrazone groups is 1. The fraction of sp³-hybridized carbons (Fsp3) is 0.125. The Bertz CT molecular complexity index is 691. The van der Waals surface area contributed by atoms with Crippen LogP contribution in [0.1, 0.15) is 15.9 Å². The Labute approximate surface area is 139 Å². The highest BCUT2D eigenvalue weighted by Gasteiger charge is 2.11. The molecule has 2 aromatic rings. The molecule has 0 aromatic heterocycles. The number of para-hydroxylation sites is 1. The number of nitrogens with zero attached hydrogens (tertiary/aromatic N) is 2. The quantitative estimate of drug-likeness (QED) is 0.294. The zero-order valence-electron chi connectivity index (χ0n) is 12.7. The maximum absolute atomic E-state index is 11.6. The Kier molecular flexibility index (Phi) is 6.02. The van der Waals surface area contributed by atoms with Crippen molar-refractivity contribution in [3.05, 3.63) is 65.7 Å². The van der Waals surface area contributed by atoms with Gasteiger partial charge in [-0.25, -0.2) is 10.6 Å². The third kappa shape index (κ3) is 4.48. The summed E-state index contributed by atoms with van der Waals surface area (Å²) in [6.07, 6.45) is 0. The Morgan fingerprint density at radius 1 is 1.22 bits per heavy atom. The van der Waals surface area contributed by atoms with Crippen molar-refractivity contribution in [2.45, 2.75) is 5.75 Å². The predicted molar refractivity (Wildman–Crippen MR) is 93.8 cm³/mol.